The van der Waals surface area contributed by atoms with E-state index in [-0.39, 0.29) is 10.5 Å². The molecule has 190 valence electrons. The molecule has 36 heavy (non-hydrogen) atoms. The molecule has 0 unspecified atom stereocenters. The van der Waals surface area contributed by atoms with Gasteiger partial charge in [-0.2, -0.15) is 0 Å². The lowest BCUT2D eigenvalue weighted by Gasteiger charge is -2.24. The van der Waals surface area contributed by atoms with Crippen LogP contribution in [0.3, 0.4) is 0 Å². The third-order valence-corrected chi connectivity index (χ3v) is 7.83. The fourth-order valence-corrected chi connectivity index (χ4v) is 5.22. The van der Waals surface area contributed by atoms with E-state index in [4.69, 9.17) is 9.47 Å². The highest BCUT2D eigenvalue weighted by Gasteiger charge is 2.27. The van der Waals surface area contributed by atoms with Crippen molar-refractivity contribution in [2.24, 2.45) is 0 Å². The Balaban J connectivity index is 1.95. The highest BCUT2D eigenvalue weighted by molar-refractivity contribution is 7.98. The van der Waals surface area contributed by atoms with E-state index in [0.717, 1.165) is 9.20 Å². The smallest absolute Gasteiger partial charge is 0.337 e. The molecule has 0 spiro atoms. The summed E-state index contributed by atoms with van der Waals surface area (Å²) in [5.41, 5.74) is 1.67. The first-order valence-electron chi connectivity index (χ1n) is 11.1. The summed E-state index contributed by atoms with van der Waals surface area (Å²) < 4.78 is 38.5. The summed E-state index contributed by atoms with van der Waals surface area (Å²) in [6.45, 7) is 3.60. The largest absolute Gasteiger partial charge is 0.494 e. The molecule has 3 rings (SSSR count). The number of hydrogen-bond donors (Lipinski definition) is 1. The first-order chi connectivity index (χ1) is 17.2. The molecule has 0 aliphatic heterocycles. The van der Waals surface area contributed by atoms with Crippen LogP contribution in [0.5, 0.6) is 5.75 Å². The van der Waals surface area contributed by atoms with Gasteiger partial charge in [-0.05, 0) is 86.3 Å². The van der Waals surface area contributed by atoms with Crippen LogP contribution >= 0.6 is 11.8 Å². The molecule has 8 nitrogen and oxygen atoms in total. The van der Waals surface area contributed by atoms with Crippen molar-refractivity contribution in [1.82, 2.24) is 0 Å². The predicted molar refractivity (Wildman–Crippen MR) is 142 cm³/mol. The average Bonchev–Trinajstić information content (AvgIpc) is 2.88. The Bertz CT molecular complexity index is 1320. The number of amides is 1. The van der Waals surface area contributed by atoms with Gasteiger partial charge in [-0.3, -0.25) is 9.10 Å². The molecule has 0 bridgehead atoms. The number of benzene rings is 3. The molecule has 0 heterocycles. The minimum atomic E-state index is -4.08. The molecule has 0 aliphatic carbocycles. The van der Waals surface area contributed by atoms with Crippen molar-refractivity contribution in [1.29, 1.82) is 0 Å². The monoisotopic (exact) mass is 528 g/mol. The lowest BCUT2D eigenvalue weighted by Crippen LogP contribution is -2.38. The van der Waals surface area contributed by atoms with E-state index in [2.05, 4.69) is 5.32 Å². The Morgan fingerprint density at radius 2 is 1.67 bits per heavy atom. The molecule has 10 heteroatoms. The number of carbonyl (C=O) groups excluding carboxylic acids is 2. The Labute approximate surface area is 215 Å². The van der Waals surface area contributed by atoms with Crippen LogP contribution in [-0.4, -0.2) is 46.8 Å². The van der Waals surface area contributed by atoms with E-state index >= 15 is 0 Å². The van der Waals surface area contributed by atoms with E-state index in [1.165, 1.54) is 37.1 Å². The summed E-state index contributed by atoms with van der Waals surface area (Å²) in [7, 11) is -2.81. The topological polar surface area (TPSA) is 102 Å². The number of thioether (sulfide) groups is 1. The van der Waals surface area contributed by atoms with Gasteiger partial charge in [0.2, 0.25) is 5.91 Å². The van der Waals surface area contributed by atoms with Gasteiger partial charge < -0.3 is 14.8 Å². The van der Waals surface area contributed by atoms with Gasteiger partial charge in [0.05, 0.1) is 29.9 Å². The molecule has 3 aromatic carbocycles. The minimum Gasteiger partial charge on any atom is -0.494 e. The summed E-state index contributed by atoms with van der Waals surface area (Å²) in [6, 6.07) is 17.7. The van der Waals surface area contributed by atoms with Gasteiger partial charge in [-0.1, -0.05) is 6.07 Å². The number of carbonyl (C=O) groups is 2. The van der Waals surface area contributed by atoms with Crippen LogP contribution in [0.25, 0.3) is 0 Å². The summed E-state index contributed by atoms with van der Waals surface area (Å²) in [5.74, 6) is -0.529. The lowest BCUT2D eigenvalue weighted by atomic mass is 10.1. The normalized spacial score (nSPS) is 11.0. The molecule has 0 aromatic heterocycles. The van der Waals surface area contributed by atoms with Gasteiger partial charge in [0.15, 0.2) is 0 Å². The van der Waals surface area contributed by atoms with Crippen LogP contribution in [0, 0.1) is 6.92 Å². The molecule has 1 amide bonds. The third-order valence-electron chi connectivity index (χ3n) is 5.30. The zero-order valence-electron chi connectivity index (χ0n) is 20.5. The molecule has 0 aliphatic rings. The quantitative estimate of drug-likeness (QED) is 0.300. The zero-order valence-corrected chi connectivity index (χ0v) is 22.1. The van der Waals surface area contributed by atoms with Gasteiger partial charge >= 0.3 is 5.97 Å². The third kappa shape index (κ3) is 6.38. The number of anilines is 2. The van der Waals surface area contributed by atoms with Crippen molar-refractivity contribution in [3.8, 4) is 5.75 Å². The number of nitrogens with one attached hydrogen (secondary N) is 1. The second-order valence-corrected chi connectivity index (χ2v) is 10.4. The summed E-state index contributed by atoms with van der Waals surface area (Å²) >= 11 is 1.50. The number of esters is 1. The van der Waals surface area contributed by atoms with E-state index in [1.807, 2.05) is 13.2 Å². The molecular weight excluding hydrogens is 500 g/mol. The molecule has 1 N–H and O–H groups in total. The Morgan fingerprint density at radius 1 is 1.00 bits per heavy atom. The lowest BCUT2D eigenvalue weighted by molar-refractivity contribution is -0.114. The van der Waals surface area contributed by atoms with E-state index in [1.54, 1.807) is 55.5 Å². The van der Waals surface area contributed by atoms with E-state index in [0.29, 0.717) is 29.3 Å². The van der Waals surface area contributed by atoms with Crippen LogP contribution in [0.2, 0.25) is 0 Å². The standard InChI is InChI=1S/C26H28N2O6S2/c1-5-34-21-10-8-20(9-11-21)28(36(31,32)23-14-12-22(35-4)13-15-23)17-25(29)27-24-16-19(26(30)33-3)7-6-18(24)2/h6-16H,5,17H2,1-4H3,(H,27,29). The van der Waals surface area contributed by atoms with Gasteiger partial charge in [-0.15, -0.1) is 11.8 Å². The van der Waals surface area contributed by atoms with E-state index in [9.17, 15) is 18.0 Å². The Kier molecular flexibility index (Phi) is 9.00. The van der Waals surface area contributed by atoms with Crippen LogP contribution in [-0.2, 0) is 19.6 Å². The highest BCUT2D eigenvalue weighted by atomic mass is 32.2. The van der Waals surface area contributed by atoms with Crippen LogP contribution in [0.1, 0.15) is 22.8 Å². The number of aryl methyl sites for hydroxylation is 1. The number of nitrogens with zero attached hydrogens (tertiary/aromatic N) is 1. The predicted octanol–water partition coefficient (Wildman–Crippen LogP) is 4.74. The maximum absolute atomic E-state index is 13.6. The minimum absolute atomic E-state index is 0.0610. The van der Waals surface area contributed by atoms with Gasteiger partial charge in [0.25, 0.3) is 10.0 Å². The van der Waals surface area contributed by atoms with Crippen LogP contribution < -0.4 is 14.4 Å². The molecular formula is C26H28N2O6S2. The number of ether oxygens (including phenoxy) is 2. The number of rotatable bonds is 10. The van der Waals surface area contributed by atoms with Crippen molar-refractivity contribution in [3.05, 3.63) is 77.9 Å². The summed E-state index contributed by atoms with van der Waals surface area (Å²) in [5, 5.41) is 2.72. The molecule has 0 saturated heterocycles. The second-order valence-electron chi connectivity index (χ2n) is 7.68. The van der Waals surface area contributed by atoms with Crippen molar-refractivity contribution >= 4 is 45.0 Å². The summed E-state index contributed by atoms with van der Waals surface area (Å²) in [6.07, 6.45) is 1.90. The molecule has 0 saturated carbocycles. The zero-order chi connectivity index (χ0) is 26.3. The Morgan fingerprint density at radius 3 is 2.25 bits per heavy atom. The first kappa shape index (κ1) is 27.1. The van der Waals surface area contributed by atoms with E-state index < -0.39 is 28.4 Å². The van der Waals surface area contributed by atoms with Gasteiger partial charge in [0.1, 0.15) is 12.3 Å². The molecule has 0 fully saturated rings. The number of hydrogen-bond acceptors (Lipinski definition) is 7. The van der Waals surface area contributed by atoms with Crippen molar-refractivity contribution in [2.45, 2.75) is 23.6 Å². The first-order valence-corrected chi connectivity index (χ1v) is 13.7. The SMILES string of the molecule is CCOc1ccc(N(CC(=O)Nc2cc(C(=O)OC)ccc2C)S(=O)(=O)c2ccc(SC)cc2)cc1. The van der Waals surface area contributed by atoms with Crippen molar-refractivity contribution in [2.75, 3.05) is 36.1 Å². The molecule has 3 aromatic rings. The van der Waals surface area contributed by atoms with Crippen LogP contribution in [0.4, 0.5) is 11.4 Å². The fraction of sp³-hybridized carbons (Fsp3) is 0.231. The maximum atomic E-state index is 13.6. The fourth-order valence-electron chi connectivity index (χ4n) is 3.39. The van der Waals surface area contributed by atoms with Gasteiger partial charge in [-0.25, -0.2) is 13.2 Å². The number of methoxy groups -OCH3 is 1. The summed E-state index contributed by atoms with van der Waals surface area (Å²) in [4.78, 5) is 26.0. The van der Waals surface area contributed by atoms with Gasteiger partial charge in [0, 0.05) is 10.6 Å². The molecule has 0 atom stereocenters. The Hall–Kier alpha value is -3.50. The molecule has 0 radical (unpaired) electrons. The average molecular weight is 529 g/mol. The highest BCUT2D eigenvalue weighted by Crippen LogP contribution is 2.27. The van der Waals surface area contributed by atoms with Crippen molar-refractivity contribution < 1.29 is 27.5 Å². The second kappa shape index (κ2) is 12.0. The maximum Gasteiger partial charge on any atom is 0.337 e. The van der Waals surface area contributed by atoms with Crippen LogP contribution in [0.15, 0.2) is 76.5 Å². The van der Waals surface area contributed by atoms with Crippen molar-refractivity contribution in [3.63, 3.8) is 0 Å². The number of sulfonamides is 1.